The maximum Gasteiger partial charge on any atom is 0.129 e. The van der Waals surface area contributed by atoms with E-state index in [1.54, 1.807) is 13.2 Å². The molecule has 0 fully saturated rings. The van der Waals surface area contributed by atoms with Crippen molar-refractivity contribution in [3.63, 3.8) is 0 Å². The van der Waals surface area contributed by atoms with Crippen molar-refractivity contribution in [2.45, 2.75) is 33.1 Å². The number of nitrogens with two attached hydrogens (primary N) is 1. The lowest BCUT2D eigenvalue weighted by molar-refractivity contribution is 0.410. The number of methoxy groups -OCH3 is 1. The first-order valence-electron chi connectivity index (χ1n) is 6.59. The van der Waals surface area contributed by atoms with Crippen LogP contribution in [0.4, 0.5) is 0 Å². The van der Waals surface area contributed by atoms with Crippen LogP contribution in [-0.2, 0) is 6.42 Å². The fourth-order valence-electron chi connectivity index (χ4n) is 2.23. The van der Waals surface area contributed by atoms with E-state index in [2.05, 4.69) is 19.9 Å². The molecule has 0 amide bonds. The van der Waals surface area contributed by atoms with Crippen molar-refractivity contribution in [1.29, 1.82) is 5.26 Å². The number of unbranched alkanes of at least 4 members (excludes halogenated alkanes) is 1. The van der Waals surface area contributed by atoms with Crippen molar-refractivity contribution in [2.24, 2.45) is 5.73 Å². The van der Waals surface area contributed by atoms with Crippen LogP contribution in [0, 0.1) is 25.2 Å². The molecule has 1 aromatic rings. The first-order chi connectivity index (χ1) is 9.15. The molecule has 0 aliphatic carbocycles. The van der Waals surface area contributed by atoms with E-state index in [1.807, 2.05) is 6.07 Å². The summed E-state index contributed by atoms with van der Waals surface area (Å²) in [5.74, 6) is 0.853. The first kappa shape index (κ1) is 15.3. The van der Waals surface area contributed by atoms with Gasteiger partial charge in [0.2, 0.25) is 0 Å². The molecule has 0 aromatic heterocycles. The standard InChI is InChI=1S/C16H22N2O/c1-12-13(2)16(19-3)15(8-6-10-18)11-14(12)7-4-5-9-17/h6,8,11H,4-5,7,9,17H2,1-3H3/b8-6+. The zero-order valence-electron chi connectivity index (χ0n) is 12.0. The van der Waals surface area contributed by atoms with Crippen LogP contribution < -0.4 is 10.5 Å². The molecule has 3 heteroatoms. The monoisotopic (exact) mass is 258 g/mol. The molecule has 3 nitrogen and oxygen atoms in total. The van der Waals surface area contributed by atoms with Gasteiger partial charge in [-0.2, -0.15) is 5.26 Å². The van der Waals surface area contributed by atoms with Crippen LogP contribution in [0.25, 0.3) is 6.08 Å². The predicted molar refractivity (Wildman–Crippen MR) is 79.1 cm³/mol. The molecule has 0 bridgehead atoms. The Kier molecular flexibility index (Phi) is 6.11. The third-order valence-corrected chi connectivity index (χ3v) is 3.42. The summed E-state index contributed by atoms with van der Waals surface area (Å²) in [6.45, 7) is 4.91. The van der Waals surface area contributed by atoms with Gasteiger partial charge in [0.05, 0.1) is 13.2 Å². The van der Waals surface area contributed by atoms with E-state index in [0.29, 0.717) is 0 Å². The van der Waals surface area contributed by atoms with Gasteiger partial charge in [-0.1, -0.05) is 0 Å². The minimum Gasteiger partial charge on any atom is -0.496 e. The molecule has 0 spiro atoms. The number of allylic oxidation sites excluding steroid dienone is 1. The van der Waals surface area contributed by atoms with Gasteiger partial charge < -0.3 is 10.5 Å². The molecule has 1 aromatic carbocycles. The summed E-state index contributed by atoms with van der Waals surface area (Å²) in [6.07, 6.45) is 6.42. The van der Waals surface area contributed by atoms with E-state index in [9.17, 15) is 0 Å². The normalized spacial score (nSPS) is 10.7. The highest BCUT2D eigenvalue weighted by Gasteiger charge is 2.11. The summed E-state index contributed by atoms with van der Waals surface area (Å²) in [5, 5.41) is 8.67. The quantitative estimate of drug-likeness (QED) is 0.630. The van der Waals surface area contributed by atoms with Crippen LogP contribution in [0.3, 0.4) is 0 Å². The van der Waals surface area contributed by atoms with E-state index in [4.69, 9.17) is 15.7 Å². The number of benzene rings is 1. The van der Waals surface area contributed by atoms with Crippen LogP contribution in [0.2, 0.25) is 0 Å². The van der Waals surface area contributed by atoms with Crippen LogP contribution in [0.5, 0.6) is 5.75 Å². The second-order valence-corrected chi connectivity index (χ2v) is 4.62. The Bertz CT molecular complexity index is 498. The lowest BCUT2D eigenvalue weighted by Gasteiger charge is -2.16. The fraction of sp³-hybridized carbons (Fsp3) is 0.438. The molecular formula is C16H22N2O. The molecular weight excluding hydrogens is 236 g/mol. The lowest BCUT2D eigenvalue weighted by atomic mass is 9.94. The van der Waals surface area contributed by atoms with Gasteiger partial charge in [0.1, 0.15) is 5.75 Å². The zero-order chi connectivity index (χ0) is 14.3. The number of ether oxygens (including phenoxy) is 1. The molecule has 1 rings (SSSR count). The Morgan fingerprint density at radius 3 is 2.63 bits per heavy atom. The van der Waals surface area contributed by atoms with Gasteiger partial charge in [-0.05, 0) is 68.5 Å². The highest BCUT2D eigenvalue weighted by Crippen LogP contribution is 2.30. The highest BCUT2D eigenvalue weighted by molar-refractivity contribution is 5.64. The van der Waals surface area contributed by atoms with Gasteiger partial charge in [-0.3, -0.25) is 0 Å². The fourth-order valence-corrected chi connectivity index (χ4v) is 2.23. The summed E-state index contributed by atoms with van der Waals surface area (Å²) < 4.78 is 5.45. The summed E-state index contributed by atoms with van der Waals surface area (Å²) in [7, 11) is 1.67. The number of aryl methyl sites for hydroxylation is 1. The number of hydrogen-bond acceptors (Lipinski definition) is 3. The largest absolute Gasteiger partial charge is 0.496 e. The minimum atomic E-state index is 0.732. The molecule has 0 unspecified atom stereocenters. The number of nitrogens with zero attached hydrogens (tertiary/aromatic N) is 1. The third kappa shape index (κ3) is 3.84. The topological polar surface area (TPSA) is 59.0 Å². The van der Waals surface area contributed by atoms with Crippen molar-refractivity contribution < 1.29 is 4.74 Å². The van der Waals surface area contributed by atoms with Crippen molar-refractivity contribution in [3.05, 3.63) is 34.4 Å². The molecule has 0 heterocycles. The Hall–Kier alpha value is -1.79. The summed E-state index contributed by atoms with van der Waals surface area (Å²) in [5.41, 5.74) is 10.2. The Morgan fingerprint density at radius 2 is 2.05 bits per heavy atom. The summed E-state index contributed by atoms with van der Waals surface area (Å²) in [6, 6.07) is 4.14. The minimum absolute atomic E-state index is 0.732. The molecule has 0 radical (unpaired) electrons. The van der Waals surface area contributed by atoms with E-state index in [0.717, 1.165) is 42.7 Å². The van der Waals surface area contributed by atoms with Gasteiger partial charge >= 0.3 is 0 Å². The maximum absolute atomic E-state index is 8.67. The average Bonchev–Trinajstić information content (AvgIpc) is 2.41. The van der Waals surface area contributed by atoms with Crippen molar-refractivity contribution in [3.8, 4) is 11.8 Å². The SMILES string of the molecule is COc1c(/C=C/C#N)cc(CCCCN)c(C)c1C. The van der Waals surface area contributed by atoms with Crippen LogP contribution in [0.1, 0.15) is 35.1 Å². The second-order valence-electron chi connectivity index (χ2n) is 4.62. The van der Waals surface area contributed by atoms with Gasteiger partial charge in [0, 0.05) is 11.6 Å². The smallest absolute Gasteiger partial charge is 0.129 e. The molecule has 2 N–H and O–H groups in total. The first-order valence-corrected chi connectivity index (χ1v) is 6.59. The van der Waals surface area contributed by atoms with Crippen molar-refractivity contribution in [1.82, 2.24) is 0 Å². The molecule has 0 aliphatic heterocycles. The van der Waals surface area contributed by atoms with Crippen molar-refractivity contribution in [2.75, 3.05) is 13.7 Å². The Balaban J connectivity index is 3.15. The summed E-state index contributed by atoms with van der Waals surface area (Å²) in [4.78, 5) is 0. The molecule has 102 valence electrons. The second kappa shape index (κ2) is 7.60. The number of nitriles is 1. The zero-order valence-corrected chi connectivity index (χ0v) is 12.0. The van der Waals surface area contributed by atoms with Crippen molar-refractivity contribution >= 4 is 6.08 Å². The van der Waals surface area contributed by atoms with E-state index >= 15 is 0 Å². The molecule has 0 saturated heterocycles. The van der Waals surface area contributed by atoms with Gasteiger partial charge in [-0.25, -0.2) is 0 Å². The maximum atomic E-state index is 8.67. The van der Waals surface area contributed by atoms with E-state index in [-0.39, 0.29) is 0 Å². The number of rotatable bonds is 6. The third-order valence-electron chi connectivity index (χ3n) is 3.42. The summed E-state index contributed by atoms with van der Waals surface area (Å²) >= 11 is 0. The predicted octanol–water partition coefficient (Wildman–Crippen LogP) is 3.13. The van der Waals surface area contributed by atoms with E-state index in [1.165, 1.54) is 17.2 Å². The highest BCUT2D eigenvalue weighted by atomic mass is 16.5. The van der Waals surface area contributed by atoms with Gasteiger partial charge in [0.25, 0.3) is 0 Å². The molecule has 0 saturated carbocycles. The molecule has 19 heavy (non-hydrogen) atoms. The average molecular weight is 258 g/mol. The van der Waals surface area contributed by atoms with Gasteiger partial charge in [-0.15, -0.1) is 0 Å². The van der Waals surface area contributed by atoms with Crippen LogP contribution in [0.15, 0.2) is 12.1 Å². The number of hydrogen-bond donors (Lipinski definition) is 1. The molecule has 0 atom stereocenters. The Morgan fingerprint density at radius 1 is 1.32 bits per heavy atom. The van der Waals surface area contributed by atoms with Crippen LogP contribution >= 0.6 is 0 Å². The van der Waals surface area contributed by atoms with Crippen LogP contribution in [-0.4, -0.2) is 13.7 Å². The lowest BCUT2D eigenvalue weighted by Crippen LogP contribution is -2.02. The van der Waals surface area contributed by atoms with E-state index < -0.39 is 0 Å². The molecule has 0 aliphatic rings. The Labute approximate surface area is 115 Å². The van der Waals surface area contributed by atoms with Gasteiger partial charge in [0.15, 0.2) is 0 Å².